The van der Waals surface area contributed by atoms with E-state index in [4.69, 9.17) is 21.8 Å². The third-order valence-electron chi connectivity index (χ3n) is 1.23. The summed E-state index contributed by atoms with van der Waals surface area (Å²) in [6, 6.07) is 0.247. The van der Waals surface area contributed by atoms with Crippen LogP contribution in [0.1, 0.15) is 12.3 Å². The molecule has 0 saturated carbocycles. The van der Waals surface area contributed by atoms with E-state index in [1.807, 2.05) is 0 Å². The van der Waals surface area contributed by atoms with Crippen LogP contribution in [0.3, 0.4) is 0 Å². The van der Waals surface area contributed by atoms with Crippen LogP contribution >= 0.6 is 11.6 Å². The zero-order chi connectivity index (χ0) is 9.68. The fourth-order valence-corrected chi connectivity index (χ4v) is 0.780. The monoisotopic (exact) mass is 204 g/mol. The summed E-state index contributed by atoms with van der Waals surface area (Å²) in [7, 11) is 0. The zero-order valence-electron chi connectivity index (χ0n) is 6.79. The first-order valence-electron chi connectivity index (χ1n) is 3.63. The van der Waals surface area contributed by atoms with Gasteiger partial charge < -0.3 is 15.5 Å². The van der Waals surface area contributed by atoms with Crippen LogP contribution in [0.5, 0.6) is 0 Å². The molecular formula is C6H9ClN4O2. The average Bonchev–Trinajstić information content (AvgIpc) is 2.52. The minimum Gasteiger partial charge on any atom is -0.407 e. The van der Waals surface area contributed by atoms with Gasteiger partial charge in [-0.2, -0.15) is 0 Å². The van der Waals surface area contributed by atoms with Gasteiger partial charge >= 0.3 is 6.01 Å². The molecule has 6 nitrogen and oxygen atoms in total. The Morgan fingerprint density at radius 1 is 1.62 bits per heavy atom. The highest BCUT2D eigenvalue weighted by atomic mass is 35.5. The summed E-state index contributed by atoms with van der Waals surface area (Å²) in [6.45, 7) is 0.374. The number of amides is 1. The number of halogens is 1. The van der Waals surface area contributed by atoms with Crippen LogP contribution in [0.2, 0.25) is 0 Å². The van der Waals surface area contributed by atoms with E-state index < -0.39 is 0 Å². The number of carbonyl (C=O) groups excluding carboxylic acids is 1. The molecule has 0 bridgehead atoms. The van der Waals surface area contributed by atoms with Crippen LogP contribution in [-0.4, -0.2) is 22.6 Å². The Bertz CT molecular complexity index is 288. The first-order valence-corrected chi connectivity index (χ1v) is 4.16. The Balaban J connectivity index is 2.32. The fraction of sp³-hybridized carbons (Fsp3) is 0.500. The number of hydrogen-bond acceptors (Lipinski definition) is 5. The number of nitrogens with two attached hydrogens (primary N) is 1. The van der Waals surface area contributed by atoms with Crippen LogP contribution in [0.4, 0.5) is 6.01 Å². The van der Waals surface area contributed by atoms with Crippen molar-refractivity contribution < 1.29 is 9.21 Å². The SMILES string of the molecule is NC(=O)CCNc1nnc(CCl)o1. The first kappa shape index (κ1) is 9.79. The minimum atomic E-state index is -0.385. The quantitative estimate of drug-likeness (QED) is 0.664. The lowest BCUT2D eigenvalue weighted by atomic mass is 10.4. The maximum atomic E-state index is 10.3. The molecule has 3 N–H and O–H groups in total. The Hall–Kier alpha value is -1.30. The molecule has 0 aliphatic carbocycles. The lowest BCUT2D eigenvalue weighted by Gasteiger charge is -1.96. The molecule has 1 heterocycles. The van der Waals surface area contributed by atoms with Gasteiger partial charge in [0.05, 0.1) is 0 Å². The standard InChI is InChI=1S/C6H9ClN4O2/c7-3-5-10-11-6(13-5)9-2-1-4(8)12/h1-3H2,(H2,8,12)(H,9,11). The summed E-state index contributed by atoms with van der Waals surface area (Å²) in [4.78, 5) is 10.3. The number of aromatic nitrogens is 2. The number of primary amides is 1. The molecule has 0 aliphatic rings. The van der Waals surface area contributed by atoms with Gasteiger partial charge in [0.15, 0.2) is 0 Å². The second kappa shape index (κ2) is 4.66. The molecule has 1 rings (SSSR count). The van der Waals surface area contributed by atoms with E-state index in [9.17, 15) is 4.79 Å². The summed E-state index contributed by atoms with van der Waals surface area (Å²) >= 11 is 5.43. The van der Waals surface area contributed by atoms with Crippen LogP contribution in [0.25, 0.3) is 0 Å². The van der Waals surface area contributed by atoms with Gasteiger partial charge in [-0.05, 0) is 0 Å². The average molecular weight is 205 g/mol. The molecular weight excluding hydrogens is 196 g/mol. The molecule has 0 radical (unpaired) electrons. The molecule has 0 fully saturated rings. The summed E-state index contributed by atoms with van der Waals surface area (Å²) in [5.74, 6) is 0.123. The van der Waals surface area contributed by atoms with Crippen LogP contribution in [-0.2, 0) is 10.7 Å². The van der Waals surface area contributed by atoms with Crippen molar-refractivity contribution in [1.29, 1.82) is 0 Å². The molecule has 72 valence electrons. The molecule has 1 aromatic rings. The van der Waals surface area contributed by atoms with E-state index in [-0.39, 0.29) is 24.2 Å². The summed E-state index contributed by atoms with van der Waals surface area (Å²) < 4.78 is 5.00. The Morgan fingerprint density at radius 3 is 2.92 bits per heavy atom. The van der Waals surface area contributed by atoms with Gasteiger partial charge in [0.1, 0.15) is 5.88 Å². The van der Waals surface area contributed by atoms with Crippen molar-refractivity contribution in [2.45, 2.75) is 12.3 Å². The predicted molar refractivity (Wildman–Crippen MR) is 46.2 cm³/mol. The van der Waals surface area contributed by atoms with E-state index in [1.54, 1.807) is 0 Å². The Morgan fingerprint density at radius 2 is 2.38 bits per heavy atom. The van der Waals surface area contributed by atoms with Gasteiger partial charge in [-0.25, -0.2) is 0 Å². The first-order chi connectivity index (χ1) is 6.22. The van der Waals surface area contributed by atoms with Crippen molar-refractivity contribution in [1.82, 2.24) is 10.2 Å². The van der Waals surface area contributed by atoms with E-state index >= 15 is 0 Å². The zero-order valence-corrected chi connectivity index (χ0v) is 7.54. The van der Waals surface area contributed by atoms with E-state index in [0.29, 0.717) is 12.4 Å². The number of hydrogen-bond donors (Lipinski definition) is 2. The van der Waals surface area contributed by atoms with Gasteiger partial charge in [-0.3, -0.25) is 4.79 Å². The van der Waals surface area contributed by atoms with Crippen molar-refractivity contribution in [3.05, 3.63) is 5.89 Å². The summed E-state index contributed by atoms with van der Waals surface area (Å²) in [5.41, 5.74) is 4.92. The molecule has 0 aromatic carbocycles. The molecule has 0 spiro atoms. The van der Waals surface area contributed by atoms with Crippen molar-refractivity contribution in [3.63, 3.8) is 0 Å². The molecule has 0 unspecified atom stereocenters. The molecule has 7 heteroatoms. The van der Waals surface area contributed by atoms with Gasteiger partial charge in [0.25, 0.3) is 0 Å². The normalized spacial score (nSPS) is 9.92. The minimum absolute atomic E-state index is 0.171. The second-order valence-electron chi connectivity index (χ2n) is 2.28. The predicted octanol–water partition coefficient (Wildman–Crippen LogP) is 0.0957. The van der Waals surface area contributed by atoms with E-state index in [2.05, 4.69) is 15.5 Å². The van der Waals surface area contributed by atoms with Crippen LogP contribution in [0, 0.1) is 0 Å². The van der Waals surface area contributed by atoms with Gasteiger partial charge in [0, 0.05) is 13.0 Å². The number of alkyl halides is 1. The topological polar surface area (TPSA) is 94.0 Å². The van der Waals surface area contributed by atoms with E-state index in [1.165, 1.54) is 0 Å². The van der Waals surface area contributed by atoms with Crippen molar-refractivity contribution in [3.8, 4) is 0 Å². The number of nitrogens with one attached hydrogen (secondary N) is 1. The molecule has 1 amide bonds. The smallest absolute Gasteiger partial charge is 0.315 e. The van der Waals surface area contributed by atoms with Crippen molar-refractivity contribution >= 4 is 23.5 Å². The highest BCUT2D eigenvalue weighted by Crippen LogP contribution is 2.06. The lowest BCUT2D eigenvalue weighted by Crippen LogP contribution is -2.15. The van der Waals surface area contributed by atoms with Gasteiger partial charge in [-0.15, -0.1) is 16.7 Å². The number of rotatable bonds is 5. The third kappa shape index (κ3) is 3.29. The van der Waals surface area contributed by atoms with Crippen LogP contribution < -0.4 is 11.1 Å². The van der Waals surface area contributed by atoms with Crippen molar-refractivity contribution in [2.75, 3.05) is 11.9 Å². The molecule has 13 heavy (non-hydrogen) atoms. The largest absolute Gasteiger partial charge is 0.407 e. The Labute approximate surface area is 79.4 Å². The van der Waals surface area contributed by atoms with Crippen molar-refractivity contribution in [2.24, 2.45) is 5.73 Å². The maximum absolute atomic E-state index is 10.3. The second-order valence-corrected chi connectivity index (χ2v) is 2.54. The fourth-order valence-electron chi connectivity index (χ4n) is 0.672. The molecule has 1 aromatic heterocycles. The highest BCUT2D eigenvalue weighted by molar-refractivity contribution is 6.16. The summed E-state index contributed by atoms with van der Waals surface area (Å²) in [6.07, 6.45) is 0.221. The van der Waals surface area contributed by atoms with E-state index in [0.717, 1.165) is 0 Å². The summed E-state index contributed by atoms with van der Waals surface area (Å²) in [5, 5.41) is 9.96. The third-order valence-corrected chi connectivity index (χ3v) is 1.46. The van der Waals surface area contributed by atoms with Gasteiger partial charge in [0.2, 0.25) is 11.8 Å². The van der Waals surface area contributed by atoms with Crippen LogP contribution in [0.15, 0.2) is 4.42 Å². The maximum Gasteiger partial charge on any atom is 0.315 e. The molecule has 0 aliphatic heterocycles. The number of nitrogens with zero attached hydrogens (tertiary/aromatic N) is 2. The molecule has 0 atom stereocenters. The number of carbonyl (C=O) groups is 1. The Kier molecular flexibility index (Phi) is 3.51. The highest BCUT2D eigenvalue weighted by Gasteiger charge is 2.03. The lowest BCUT2D eigenvalue weighted by molar-refractivity contribution is -0.117. The van der Waals surface area contributed by atoms with Gasteiger partial charge in [-0.1, -0.05) is 5.10 Å². The molecule has 0 saturated heterocycles. The number of anilines is 1.